The van der Waals surface area contributed by atoms with Gasteiger partial charge in [-0.3, -0.25) is 4.79 Å². The number of ether oxygens (including phenoxy) is 1. The molecule has 0 heterocycles. The minimum absolute atomic E-state index is 0.350. The molecule has 1 atom stereocenters. The first-order valence-electron chi connectivity index (χ1n) is 6.78. The molecule has 0 amide bonds. The van der Waals surface area contributed by atoms with E-state index in [9.17, 15) is 15.0 Å². The molecule has 0 saturated heterocycles. The summed E-state index contributed by atoms with van der Waals surface area (Å²) in [4.78, 5) is 11.9. The summed E-state index contributed by atoms with van der Waals surface area (Å²) < 4.78 is 5.37. The highest BCUT2D eigenvalue weighted by Gasteiger charge is 2.31. The Morgan fingerprint density at radius 1 is 1.10 bits per heavy atom. The summed E-state index contributed by atoms with van der Waals surface area (Å²) in [5.74, 6) is -0.350. The quantitative estimate of drug-likeness (QED) is 0.615. The molecular formula is C16H28O4. The number of hydrogen-bond acceptors (Lipinski definition) is 4. The molecule has 4 heteroatoms. The zero-order chi connectivity index (χ0) is 16.4. The largest absolute Gasteiger partial charge is 0.457 e. The molecule has 0 aliphatic heterocycles. The maximum atomic E-state index is 11.9. The van der Waals surface area contributed by atoms with Gasteiger partial charge in [0.05, 0.1) is 16.6 Å². The fraction of sp³-hybridized carbons (Fsp3) is 0.750. The molecule has 0 bridgehead atoms. The first kappa shape index (κ1) is 18.9. The van der Waals surface area contributed by atoms with E-state index in [-0.39, 0.29) is 5.97 Å². The summed E-state index contributed by atoms with van der Waals surface area (Å²) in [6.45, 7) is 13.4. The van der Waals surface area contributed by atoms with E-state index in [1.807, 2.05) is 0 Å². The molecule has 0 radical (unpaired) electrons. The van der Waals surface area contributed by atoms with Crippen LogP contribution in [-0.4, -0.2) is 33.5 Å². The number of aliphatic hydroxyl groups is 2. The molecule has 116 valence electrons. The van der Waals surface area contributed by atoms with Gasteiger partial charge in [0.25, 0.3) is 0 Å². The predicted molar refractivity (Wildman–Crippen MR) is 79.2 cm³/mol. The summed E-state index contributed by atoms with van der Waals surface area (Å²) in [6, 6.07) is 0. The second-order valence-electron chi connectivity index (χ2n) is 7.21. The molecule has 0 spiro atoms. The van der Waals surface area contributed by atoms with E-state index in [4.69, 9.17) is 4.74 Å². The summed E-state index contributed by atoms with van der Waals surface area (Å²) in [7, 11) is 0. The Kier molecular flexibility index (Phi) is 5.79. The number of hydrogen-bond donors (Lipinski definition) is 2. The lowest BCUT2D eigenvalue weighted by molar-refractivity contribution is -0.156. The van der Waals surface area contributed by atoms with Crippen molar-refractivity contribution in [3.05, 3.63) is 17.4 Å². The van der Waals surface area contributed by atoms with Crippen molar-refractivity contribution in [2.45, 2.75) is 72.7 Å². The van der Waals surface area contributed by atoms with Crippen LogP contribution >= 0.6 is 0 Å². The van der Waals surface area contributed by atoms with Crippen LogP contribution in [0.5, 0.6) is 0 Å². The number of esters is 1. The van der Waals surface area contributed by atoms with Crippen molar-refractivity contribution >= 4 is 5.97 Å². The second kappa shape index (κ2) is 6.13. The Morgan fingerprint density at radius 2 is 1.55 bits per heavy atom. The van der Waals surface area contributed by atoms with Crippen molar-refractivity contribution in [1.82, 2.24) is 0 Å². The maximum Gasteiger partial charge on any atom is 0.311 e. The highest BCUT2D eigenvalue weighted by molar-refractivity contribution is 5.75. The smallest absolute Gasteiger partial charge is 0.311 e. The normalized spacial score (nSPS) is 14.3. The average molecular weight is 284 g/mol. The predicted octanol–water partition coefficient (Wildman–Crippen LogP) is 2.59. The van der Waals surface area contributed by atoms with Crippen LogP contribution in [0.15, 0.2) is 17.4 Å². The van der Waals surface area contributed by atoms with Gasteiger partial charge in [-0.1, -0.05) is 0 Å². The van der Waals surface area contributed by atoms with Gasteiger partial charge in [-0.2, -0.15) is 0 Å². The summed E-state index contributed by atoms with van der Waals surface area (Å²) in [5.41, 5.74) is 0.426. The molecule has 4 nitrogen and oxygen atoms in total. The highest BCUT2D eigenvalue weighted by atomic mass is 16.5. The van der Waals surface area contributed by atoms with E-state index < -0.39 is 22.7 Å². The van der Waals surface area contributed by atoms with E-state index in [0.29, 0.717) is 5.57 Å². The minimum atomic E-state index is -1.20. The van der Waals surface area contributed by atoms with Crippen LogP contribution in [-0.2, 0) is 9.53 Å². The fourth-order valence-corrected chi connectivity index (χ4v) is 1.44. The fourth-order valence-electron chi connectivity index (χ4n) is 1.44. The SMILES string of the molecule is C[C@@H](OC(=O)C(C)(C)C)C(=C=CC(C)(C)O)C(C)(C)O. The third-order valence-corrected chi connectivity index (χ3v) is 2.54. The summed E-state index contributed by atoms with van der Waals surface area (Å²) in [5, 5.41) is 19.9. The van der Waals surface area contributed by atoms with Crippen LogP contribution in [0.1, 0.15) is 55.4 Å². The van der Waals surface area contributed by atoms with Crippen molar-refractivity contribution in [2.75, 3.05) is 0 Å². The van der Waals surface area contributed by atoms with E-state index in [1.165, 1.54) is 6.08 Å². The van der Waals surface area contributed by atoms with E-state index in [0.717, 1.165) is 0 Å². The van der Waals surface area contributed by atoms with Gasteiger partial charge in [0.15, 0.2) is 0 Å². The molecular weight excluding hydrogens is 256 g/mol. The third-order valence-electron chi connectivity index (χ3n) is 2.54. The molecule has 0 aromatic carbocycles. The van der Waals surface area contributed by atoms with Crippen molar-refractivity contribution < 1.29 is 19.7 Å². The molecule has 0 saturated carbocycles. The van der Waals surface area contributed by atoms with Gasteiger partial charge in [-0.05, 0) is 61.5 Å². The monoisotopic (exact) mass is 284 g/mol. The first-order valence-corrected chi connectivity index (χ1v) is 6.78. The number of carbonyl (C=O) groups excluding carboxylic acids is 1. The van der Waals surface area contributed by atoms with Gasteiger partial charge in [0, 0.05) is 5.57 Å². The molecule has 2 N–H and O–H groups in total. The van der Waals surface area contributed by atoms with Crippen LogP contribution < -0.4 is 0 Å². The Hall–Kier alpha value is -1.09. The minimum Gasteiger partial charge on any atom is -0.457 e. The van der Waals surface area contributed by atoms with E-state index >= 15 is 0 Å². The summed E-state index contributed by atoms with van der Waals surface area (Å²) >= 11 is 0. The molecule has 20 heavy (non-hydrogen) atoms. The van der Waals surface area contributed by atoms with Crippen molar-refractivity contribution in [2.24, 2.45) is 5.41 Å². The van der Waals surface area contributed by atoms with Crippen molar-refractivity contribution in [1.29, 1.82) is 0 Å². The lowest BCUT2D eigenvalue weighted by Gasteiger charge is -2.27. The van der Waals surface area contributed by atoms with Crippen LogP contribution in [0.2, 0.25) is 0 Å². The Labute approximate surface area is 122 Å². The number of carbonyl (C=O) groups is 1. The van der Waals surface area contributed by atoms with Gasteiger partial charge in [0.1, 0.15) is 6.10 Å². The summed E-state index contributed by atoms with van der Waals surface area (Å²) in [6.07, 6.45) is 0.821. The van der Waals surface area contributed by atoms with Crippen LogP contribution in [0.25, 0.3) is 0 Å². The zero-order valence-electron chi connectivity index (χ0n) is 13.9. The molecule has 0 fully saturated rings. The Morgan fingerprint density at radius 3 is 1.85 bits per heavy atom. The molecule has 0 aromatic heterocycles. The van der Waals surface area contributed by atoms with Gasteiger partial charge < -0.3 is 14.9 Å². The number of rotatable bonds is 4. The van der Waals surface area contributed by atoms with Crippen LogP contribution in [0.4, 0.5) is 0 Å². The Bertz CT molecular complexity index is 407. The standard InChI is InChI=1S/C16H28O4/c1-11(20-13(17)14(2,3)4)12(16(7,8)19)9-10-15(5,6)18/h10-11,18-19H,1-8H3/t9?,11-/m1/s1. The molecule has 0 unspecified atom stereocenters. The van der Waals surface area contributed by atoms with Crippen LogP contribution in [0.3, 0.4) is 0 Å². The maximum absolute atomic E-state index is 11.9. The zero-order valence-corrected chi connectivity index (χ0v) is 13.9. The third kappa shape index (κ3) is 6.90. The van der Waals surface area contributed by atoms with Gasteiger partial charge in [-0.25, -0.2) is 0 Å². The highest BCUT2D eigenvalue weighted by Crippen LogP contribution is 2.24. The molecule has 0 aliphatic rings. The molecule has 0 aromatic rings. The van der Waals surface area contributed by atoms with Crippen molar-refractivity contribution in [3.63, 3.8) is 0 Å². The van der Waals surface area contributed by atoms with Crippen LogP contribution in [0, 0.1) is 5.41 Å². The lowest BCUT2D eigenvalue weighted by atomic mass is 9.93. The van der Waals surface area contributed by atoms with E-state index in [1.54, 1.807) is 55.4 Å². The van der Waals surface area contributed by atoms with Gasteiger partial charge >= 0.3 is 5.97 Å². The van der Waals surface area contributed by atoms with Crippen molar-refractivity contribution in [3.8, 4) is 0 Å². The van der Waals surface area contributed by atoms with E-state index in [2.05, 4.69) is 5.73 Å². The first-order chi connectivity index (χ1) is 8.64. The topological polar surface area (TPSA) is 66.8 Å². The Balaban J connectivity index is 5.40. The van der Waals surface area contributed by atoms with Gasteiger partial charge in [-0.15, -0.1) is 5.73 Å². The molecule has 0 aliphatic carbocycles. The lowest BCUT2D eigenvalue weighted by Crippen LogP contribution is -2.34. The second-order valence-corrected chi connectivity index (χ2v) is 7.21. The van der Waals surface area contributed by atoms with Gasteiger partial charge in [0.2, 0.25) is 0 Å². The molecule has 0 rings (SSSR count). The average Bonchev–Trinajstić information content (AvgIpc) is 2.11.